The molecule has 4 aromatic heterocycles. The standard InChI is InChI=1S/C28H24N6.2ClH/c1-2-12-26-25(11-1)31-15-21-7-5-9-23(29-21)17-33-20-34(28-14-4-3-13-27(28)33)18-24-10-6-8-22(30-24)16-32(26)19-31;;/h1-14,19-20H,15-18H2;2*1H/q+2;;/p-2. The number of benzene rings is 2. The minimum absolute atomic E-state index is 0. The summed E-state index contributed by atoms with van der Waals surface area (Å²) in [6, 6.07) is 29.8. The second-order valence-corrected chi connectivity index (χ2v) is 8.96. The molecule has 5 heterocycles. The van der Waals surface area contributed by atoms with Crippen molar-refractivity contribution in [3.05, 3.63) is 120 Å². The lowest BCUT2D eigenvalue weighted by atomic mass is 10.2. The molecule has 0 aliphatic carbocycles. The molecule has 0 spiro atoms. The lowest BCUT2D eigenvalue weighted by Crippen LogP contribution is -3.00. The van der Waals surface area contributed by atoms with Crippen LogP contribution in [0.5, 0.6) is 0 Å². The monoisotopic (exact) mass is 514 g/mol. The molecule has 7 rings (SSSR count). The molecule has 180 valence electrons. The fourth-order valence-electron chi connectivity index (χ4n) is 5.10. The molecule has 36 heavy (non-hydrogen) atoms. The Hall–Kier alpha value is -3.74. The van der Waals surface area contributed by atoms with E-state index in [1.54, 1.807) is 0 Å². The van der Waals surface area contributed by atoms with Gasteiger partial charge in [0.15, 0.2) is 22.1 Å². The molecule has 0 saturated heterocycles. The van der Waals surface area contributed by atoms with Crippen LogP contribution in [0.25, 0.3) is 22.1 Å². The summed E-state index contributed by atoms with van der Waals surface area (Å²) in [5.74, 6) is 0. The smallest absolute Gasteiger partial charge is 0.245 e. The number of pyridine rings is 2. The number of para-hydroxylation sites is 4. The van der Waals surface area contributed by atoms with Gasteiger partial charge in [-0.05, 0) is 48.5 Å². The SMILES string of the molecule is [Cl-].[Cl-].c1cc2nc(c1)Cn1c[n+](c3ccccc31)Cc1cccc(n1)C[n+]1cn(c3ccccc31)C2. The minimum atomic E-state index is 0. The number of hydrogen-bond donors (Lipinski definition) is 0. The van der Waals surface area contributed by atoms with Gasteiger partial charge in [0.1, 0.15) is 26.2 Å². The maximum absolute atomic E-state index is 5.03. The summed E-state index contributed by atoms with van der Waals surface area (Å²) < 4.78 is 9.15. The number of rotatable bonds is 0. The summed E-state index contributed by atoms with van der Waals surface area (Å²) in [7, 11) is 0. The van der Waals surface area contributed by atoms with E-state index in [1.165, 1.54) is 22.1 Å². The van der Waals surface area contributed by atoms with Gasteiger partial charge in [0.2, 0.25) is 12.7 Å². The van der Waals surface area contributed by atoms with Gasteiger partial charge < -0.3 is 24.8 Å². The Kier molecular flexibility index (Phi) is 6.48. The highest BCUT2D eigenvalue weighted by molar-refractivity contribution is 5.72. The summed E-state index contributed by atoms with van der Waals surface area (Å²) >= 11 is 0. The van der Waals surface area contributed by atoms with Crippen molar-refractivity contribution >= 4 is 22.1 Å². The molecule has 0 N–H and O–H groups in total. The average Bonchev–Trinajstić information content (AvgIpc) is 3.37. The maximum atomic E-state index is 5.03. The highest BCUT2D eigenvalue weighted by Crippen LogP contribution is 2.16. The van der Waals surface area contributed by atoms with Crippen molar-refractivity contribution in [2.75, 3.05) is 0 Å². The molecule has 2 aromatic carbocycles. The third-order valence-corrected chi connectivity index (χ3v) is 6.62. The number of imidazole rings is 2. The number of fused-ring (bicyclic) bond motifs is 14. The topological polar surface area (TPSA) is 43.4 Å². The van der Waals surface area contributed by atoms with Crippen LogP contribution in [-0.4, -0.2) is 19.1 Å². The van der Waals surface area contributed by atoms with Crippen LogP contribution >= 0.6 is 0 Å². The van der Waals surface area contributed by atoms with Gasteiger partial charge in [-0.25, -0.2) is 28.2 Å². The lowest BCUT2D eigenvalue weighted by Gasteiger charge is -2.04. The first-order chi connectivity index (χ1) is 16.8. The number of nitrogens with zero attached hydrogens (tertiary/aromatic N) is 6. The van der Waals surface area contributed by atoms with E-state index in [1.807, 2.05) is 0 Å². The largest absolute Gasteiger partial charge is 1.00 e. The number of halogens is 2. The van der Waals surface area contributed by atoms with Crippen LogP contribution in [0.15, 0.2) is 97.6 Å². The molecule has 0 fully saturated rings. The van der Waals surface area contributed by atoms with Crippen LogP contribution in [0.4, 0.5) is 0 Å². The van der Waals surface area contributed by atoms with E-state index < -0.39 is 0 Å². The zero-order chi connectivity index (χ0) is 22.5. The van der Waals surface area contributed by atoms with Crippen LogP contribution in [0.3, 0.4) is 0 Å². The second kappa shape index (κ2) is 9.72. The van der Waals surface area contributed by atoms with Gasteiger partial charge in [-0.15, -0.1) is 0 Å². The molecule has 0 amide bonds. The van der Waals surface area contributed by atoms with E-state index in [2.05, 4.69) is 116 Å². The Balaban J connectivity index is 0.00000133. The van der Waals surface area contributed by atoms with Crippen molar-refractivity contribution in [2.24, 2.45) is 0 Å². The van der Waals surface area contributed by atoms with Crippen molar-refractivity contribution in [1.82, 2.24) is 19.1 Å². The van der Waals surface area contributed by atoms with Gasteiger partial charge in [-0.3, -0.25) is 0 Å². The van der Waals surface area contributed by atoms with Gasteiger partial charge in [-0.1, -0.05) is 36.4 Å². The van der Waals surface area contributed by atoms with Crippen molar-refractivity contribution < 1.29 is 33.9 Å². The van der Waals surface area contributed by atoms with Gasteiger partial charge in [0.05, 0.1) is 22.8 Å². The van der Waals surface area contributed by atoms with Gasteiger partial charge in [0, 0.05) is 0 Å². The molecule has 8 bridgehead atoms. The Morgan fingerprint density at radius 1 is 0.500 bits per heavy atom. The molecule has 0 unspecified atom stereocenters. The van der Waals surface area contributed by atoms with Crippen LogP contribution in [0.1, 0.15) is 22.8 Å². The van der Waals surface area contributed by atoms with Crippen LogP contribution in [0.2, 0.25) is 0 Å². The molecule has 6 aromatic rings. The second-order valence-electron chi connectivity index (χ2n) is 8.96. The van der Waals surface area contributed by atoms with Crippen molar-refractivity contribution in [3.63, 3.8) is 0 Å². The highest BCUT2D eigenvalue weighted by Gasteiger charge is 2.20. The lowest BCUT2D eigenvalue weighted by molar-refractivity contribution is -0.665. The maximum Gasteiger partial charge on any atom is 0.245 e. The van der Waals surface area contributed by atoms with E-state index in [0.29, 0.717) is 0 Å². The van der Waals surface area contributed by atoms with E-state index in [-0.39, 0.29) is 24.8 Å². The van der Waals surface area contributed by atoms with Gasteiger partial charge in [0.25, 0.3) is 0 Å². The van der Waals surface area contributed by atoms with Crippen LogP contribution in [-0.2, 0) is 26.2 Å². The Labute approximate surface area is 221 Å². The molecule has 1 aliphatic rings. The summed E-state index contributed by atoms with van der Waals surface area (Å²) in [6.45, 7) is 2.89. The summed E-state index contributed by atoms with van der Waals surface area (Å²) in [5, 5.41) is 0. The van der Waals surface area contributed by atoms with Crippen molar-refractivity contribution in [3.8, 4) is 0 Å². The summed E-state index contributed by atoms with van der Waals surface area (Å²) in [6.07, 6.45) is 4.39. The zero-order valence-electron chi connectivity index (χ0n) is 19.5. The first-order valence-corrected chi connectivity index (χ1v) is 11.6. The Bertz CT molecular complexity index is 1450. The van der Waals surface area contributed by atoms with Crippen LogP contribution in [0, 0.1) is 0 Å². The first kappa shape index (κ1) is 24.0. The molecule has 6 nitrogen and oxygen atoms in total. The fraction of sp³-hybridized carbons (Fsp3) is 0.143. The van der Waals surface area contributed by atoms with Crippen molar-refractivity contribution in [1.29, 1.82) is 0 Å². The molecule has 0 saturated carbocycles. The van der Waals surface area contributed by atoms with Crippen molar-refractivity contribution in [2.45, 2.75) is 26.2 Å². The molecular formula is C28H24Cl2N6. The van der Waals surface area contributed by atoms with E-state index in [9.17, 15) is 0 Å². The summed E-state index contributed by atoms with van der Waals surface area (Å²) in [4.78, 5) is 10.1. The first-order valence-electron chi connectivity index (χ1n) is 11.6. The van der Waals surface area contributed by atoms with E-state index >= 15 is 0 Å². The summed E-state index contributed by atoms with van der Waals surface area (Å²) in [5.41, 5.74) is 9.03. The predicted octanol–water partition coefficient (Wildman–Crippen LogP) is -2.52. The quantitative estimate of drug-likeness (QED) is 0.209. The fourth-order valence-corrected chi connectivity index (χ4v) is 5.10. The molecule has 8 heteroatoms. The third-order valence-electron chi connectivity index (χ3n) is 6.62. The average molecular weight is 515 g/mol. The molecule has 1 aliphatic heterocycles. The highest BCUT2D eigenvalue weighted by atomic mass is 35.5. The zero-order valence-corrected chi connectivity index (χ0v) is 21.0. The molecule has 0 radical (unpaired) electrons. The van der Waals surface area contributed by atoms with E-state index in [4.69, 9.17) is 9.97 Å². The van der Waals surface area contributed by atoms with Crippen LogP contribution < -0.4 is 33.9 Å². The third kappa shape index (κ3) is 4.23. The van der Waals surface area contributed by atoms with Gasteiger partial charge >= 0.3 is 0 Å². The molecular weight excluding hydrogens is 491 g/mol. The normalized spacial score (nSPS) is 12.7. The Morgan fingerprint density at radius 3 is 1.42 bits per heavy atom. The predicted molar refractivity (Wildman–Crippen MR) is 129 cm³/mol. The Morgan fingerprint density at radius 2 is 0.917 bits per heavy atom. The number of aromatic nitrogens is 6. The van der Waals surface area contributed by atoms with E-state index in [0.717, 1.165) is 49.0 Å². The minimum Gasteiger partial charge on any atom is -1.00 e. The van der Waals surface area contributed by atoms with Gasteiger partial charge in [-0.2, -0.15) is 0 Å². The molecule has 0 atom stereocenters. The number of hydrogen-bond acceptors (Lipinski definition) is 2.